The van der Waals surface area contributed by atoms with Crippen molar-refractivity contribution in [3.63, 3.8) is 0 Å². The first kappa shape index (κ1) is 13.6. The Labute approximate surface area is 105 Å². The van der Waals surface area contributed by atoms with Crippen molar-refractivity contribution in [1.29, 1.82) is 0 Å². The van der Waals surface area contributed by atoms with Crippen LogP contribution in [0.2, 0.25) is 0 Å². The Kier molecular flexibility index (Phi) is 6.64. The van der Waals surface area contributed by atoms with Gasteiger partial charge in [0.1, 0.15) is 0 Å². The van der Waals surface area contributed by atoms with Gasteiger partial charge in [0.05, 0.1) is 6.61 Å². The first-order valence-corrected chi connectivity index (χ1v) is 6.25. The van der Waals surface area contributed by atoms with Crippen LogP contribution in [0.5, 0.6) is 0 Å². The number of aliphatic hydroxyl groups excluding tert-OH is 2. The number of nitrogens with one attached hydrogen (secondary N) is 1. The highest BCUT2D eigenvalue weighted by Gasteiger charge is 2.05. The number of benzene rings is 1. The highest BCUT2D eigenvalue weighted by molar-refractivity contribution is 9.10. The highest BCUT2D eigenvalue weighted by atomic mass is 79.9. The molecule has 1 aromatic rings. The van der Waals surface area contributed by atoms with E-state index in [-0.39, 0.29) is 19.3 Å². The minimum atomic E-state index is -0.00696. The van der Waals surface area contributed by atoms with E-state index >= 15 is 0 Å². The normalized spacial score (nSPS) is 12.7. The van der Waals surface area contributed by atoms with Crippen LogP contribution in [0.25, 0.3) is 0 Å². The number of aliphatic hydroxyl groups is 2. The molecular weight excluding hydrogens is 270 g/mol. The van der Waals surface area contributed by atoms with Gasteiger partial charge in [0.15, 0.2) is 0 Å². The quantitative estimate of drug-likeness (QED) is 0.709. The molecule has 3 nitrogen and oxygen atoms in total. The fraction of sp³-hybridized carbons (Fsp3) is 0.500. The molecule has 0 spiro atoms. The summed E-state index contributed by atoms with van der Waals surface area (Å²) < 4.78 is 1.11. The van der Waals surface area contributed by atoms with Crippen LogP contribution in [0.4, 0.5) is 0 Å². The monoisotopic (exact) mass is 287 g/mol. The zero-order valence-electron chi connectivity index (χ0n) is 9.19. The average molecular weight is 288 g/mol. The Hall–Kier alpha value is -0.420. The number of hydrogen-bond donors (Lipinski definition) is 3. The lowest BCUT2D eigenvalue weighted by Gasteiger charge is -2.15. The fourth-order valence-corrected chi connectivity index (χ4v) is 2.01. The molecule has 0 fully saturated rings. The molecule has 0 amide bonds. The van der Waals surface area contributed by atoms with Gasteiger partial charge in [-0.05, 0) is 31.0 Å². The van der Waals surface area contributed by atoms with E-state index in [1.54, 1.807) is 0 Å². The summed E-state index contributed by atoms with van der Waals surface area (Å²) >= 11 is 3.49. The topological polar surface area (TPSA) is 52.5 Å². The zero-order chi connectivity index (χ0) is 11.8. The molecule has 16 heavy (non-hydrogen) atoms. The number of rotatable bonds is 7. The van der Waals surface area contributed by atoms with Gasteiger partial charge in [-0.2, -0.15) is 0 Å². The Balaban J connectivity index is 2.32. The molecule has 90 valence electrons. The lowest BCUT2D eigenvalue weighted by molar-refractivity contribution is 0.201. The number of hydrogen-bond acceptors (Lipinski definition) is 3. The molecule has 4 heteroatoms. The first-order chi connectivity index (χ1) is 7.77. The molecule has 0 aliphatic carbocycles. The molecule has 1 unspecified atom stereocenters. The predicted octanol–water partition coefficient (Wildman–Crippen LogP) is 1.32. The summed E-state index contributed by atoms with van der Waals surface area (Å²) in [6, 6.07) is 8.09. The summed E-state index contributed by atoms with van der Waals surface area (Å²) in [5, 5.41) is 21.0. The summed E-state index contributed by atoms with van der Waals surface area (Å²) in [6.45, 7) is 0.970. The van der Waals surface area contributed by atoms with Crippen molar-refractivity contribution < 1.29 is 10.2 Å². The van der Waals surface area contributed by atoms with Gasteiger partial charge in [-0.15, -0.1) is 0 Å². The molecule has 0 saturated carbocycles. The minimum Gasteiger partial charge on any atom is -0.396 e. The van der Waals surface area contributed by atoms with E-state index in [4.69, 9.17) is 10.2 Å². The minimum absolute atomic E-state index is 0.00696. The van der Waals surface area contributed by atoms with Crippen LogP contribution in [0.15, 0.2) is 28.7 Å². The Bertz CT molecular complexity index is 307. The maximum atomic E-state index is 9.03. The summed E-state index contributed by atoms with van der Waals surface area (Å²) in [4.78, 5) is 0. The van der Waals surface area contributed by atoms with E-state index < -0.39 is 0 Å². The van der Waals surface area contributed by atoms with Gasteiger partial charge in [-0.1, -0.05) is 34.1 Å². The second-order valence-corrected chi connectivity index (χ2v) is 4.54. The molecule has 1 aromatic carbocycles. The van der Waals surface area contributed by atoms with Crippen molar-refractivity contribution in [1.82, 2.24) is 5.32 Å². The second-order valence-electron chi connectivity index (χ2n) is 3.69. The molecular formula is C12H18BrNO2. The fourth-order valence-electron chi connectivity index (χ4n) is 1.53. The molecule has 0 saturated heterocycles. The maximum absolute atomic E-state index is 9.03. The lowest BCUT2D eigenvalue weighted by Crippen LogP contribution is -2.34. The Morgan fingerprint density at radius 3 is 2.62 bits per heavy atom. The van der Waals surface area contributed by atoms with E-state index in [0.29, 0.717) is 6.42 Å². The van der Waals surface area contributed by atoms with Crippen molar-refractivity contribution in [2.75, 3.05) is 19.8 Å². The van der Waals surface area contributed by atoms with Crippen molar-refractivity contribution in [2.24, 2.45) is 0 Å². The third kappa shape index (κ3) is 4.61. The van der Waals surface area contributed by atoms with Crippen LogP contribution in [-0.2, 0) is 6.42 Å². The van der Waals surface area contributed by atoms with Crippen molar-refractivity contribution in [3.8, 4) is 0 Å². The predicted molar refractivity (Wildman–Crippen MR) is 68.4 cm³/mol. The largest absolute Gasteiger partial charge is 0.396 e. The zero-order valence-corrected chi connectivity index (χ0v) is 10.8. The van der Waals surface area contributed by atoms with E-state index in [1.165, 1.54) is 5.56 Å². The highest BCUT2D eigenvalue weighted by Crippen LogP contribution is 2.15. The molecule has 0 aliphatic heterocycles. The van der Waals surface area contributed by atoms with Crippen LogP contribution in [0.3, 0.4) is 0 Å². The molecule has 0 aromatic heterocycles. The van der Waals surface area contributed by atoms with E-state index in [0.717, 1.165) is 17.4 Å². The van der Waals surface area contributed by atoms with Gasteiger partial charge in [0.25, 0.3) is 0 Å². The lowest BCUT2D eigenvalue weighted by atomic mass is 10.1. The van der Waals surface area contributed by atoms with Crippen molar-refractivity contribution in [3.05, 3.63) is 34.3 Å². The second kappa shape index (κ2) is 7.79. The summed E-state index contributed by atoms with van der Waals surface area (Å²) in [5.74, 6) is 0. The molecule has 1 rings (SSSR count). The SMILES string of the molecule is OCCC(CO)NCCc1ccccc1Br. The van der Waals surface area contributed by atoms with E-state index in [2.05, 4.69) is 27.3 Å². The van der Waals surface area contributed by atoms with Gasteiger partial charge >= 0.3 is 0 Å². The summed E-state index contributed by atoms with van der Waals surface area (Å²) in [5.41, 5.74) is 1.25. The van der Waals surface area contributed by atoms with Crippen LogP contribution < -0.4 is 5.32 Å². The van der Waals surface area contributed by atoms with Crippen molar-refractivity contribution in [2.45, 2.75) is 18.9 Å². The van der Waals surface area contributed by atoms with Gasteiger partial charge < -0.3 is 15.5 Å². The molecule has 0 bridgehead atoms. The van der Waals surface area contributed by atoms with Crippen LogP contribution in [-0.4, -0.2) is 36.0 Å². The summed E-state index contributed by atoms with van der Waals surface area (Å²) in [6.07, 6.45) is 1.50. The van der Waals surface area contributed by atoms with Gasteiger partial charge in [-0.25, -0.2) is 0 Å². The van der Waals surface area contributed by atoms with Gasteiger partial charge in [-0.3, -0.25) is 0 Å². The summed E-state index contributed by atoms with van der Waals surface area (Å²) in [7, 11) is 0. The third-order valence-electron chi connectivity index (χ3n) is 2.48. The average Bonchev–Trinajstić information content (AvgIpc) is 2.30. The Morgan fingerprint density at radius 2 is 2.00 bits per heavy atom. The van der Waals surface area contributed by atoms with E-state index in [9.17, 15) is 0 Å². The van der Waals surface area contributed by atoms with Crippen LogP contribution >= 0.6 is 15.9 Å². The molecule has 0 aliphatic rings. The Morgan fingerprint density at radius 1 is 1.25 bits per heavy atom. The number of halogens is 1. The third-order valence-corrected chi connectivity index (χ3v) is 3.26. The van der Waals surface area contributed by atoms with Gasteiger partial charge in [0.2, 0.25) is 0 Å². The van der Waals surface area contributed by atoms with Crippen LogP contribution in [0.1, 0.15) is 12.0 Å². The standard InChI is InChI=1S/C12H18BrNO2/c13-12-4-2-1-3-10(12)5-7-14-11(9-16)6-8-15/h1-4,11,14-16H,5-9H2. The molecule has 0 radical (unpaired) electrons. The van der Waals surface area contributed by atoms with E-state index in [1.807, 2.05) is 18.2 Å². The van der Waals surface area contributed by atoms with Gasteiger partial charge in [0, 0.05) is 17.1 Å². The van der Waals surface area contributed by atoms with Crippen LogP contribution in [0, 0.1) is 0 Å². The smallest absolute Gasteiger partial charge is 0.0585 e. The molecule has 1 atom stereocenters. The maximum Gasteiger partial charge on any atom is 0.0585 e. The van der Waals surface area contributed by atoms with Crippen molar-refractivity contribution >= 4 is 15.9 Å². The molecule has 0 heterocycles. The molecule has 3 N–H and O–H groups in total. The first-order valence-electron chi connectivity index (χ1n) is 5.46.